The van der Waals surface area contributed by atoms with Gasteiger partial charge in [-0.2, -0.15) is 0 Å². The Morgan fingerprint density at radius 2 is 1.73 bits per heavy atom. The van der Waals surface area contributed by atoms with Crippen LogP contribution < -0.4 is 4.90 Å². The summed E-state index contributed by atoms with van der Waals surface area (Å²) in [4.78, 5) is 16.4. The number of benzene rings is 1. The number of hydrogen-bond donors (Lipinski definition) is 0. The molecule has 1 saturated carbocycles. The molecule has 6 rings (SSSR count). The van der Waals surface area contributed by atoms with Crippen LogP contribution in [0.25, 0.3) is 21.3 Å². The second-order valence-corrected chi connectivity index (χ2v) is 10.8. The minimum Gasteiger partial charge on any atom is -0.380 e. The van der Waals surface area contributed by atoms with Crippen LogP contribution in [0.15, 0.2) is 35.7 Å². The Balaban J connectivity index is 1.16. The van der Waals surface area contributed by atoms with Crippen LogP contribution in [0.5, 0.6) is 0 Å². The topological polar surface area (TPSA) is 41.5 Å². The number of hydrogen-bond acceptors (Lipinski definition) is 6. The molecule has 0 radical (unpaired) electrons. The highest BCUT2D eigenvalue weighted by Gasteiger charge is 2.30. The van der Waals surface area contributed by atoms with E-state index in [1.165, 1.54) is 68.1 Å². The summed E-state index contributed by atoms with van der Waals surface area (Å²) in [6.45, 7) is 7.51. The first kappa shape index (κ1) is 21.5. The van der Waals surface area contributed by atoms with E-state index >= 15 is 0 Å². The van der Waals surface area contributed by atoms with Crippen molar-refractivity contribution in [2.45, 2.75) is 44.4 Å². The number of ether oxygens (including phenoxy) is 1. The van der Waals surface area contributed by atoms with Gasteiger partial charge in [0.25, 0.3) is 0 Å². The zero-order valence-corrected chi connectivity index (χ0v) is 20.2. The highest BCUT2D eigenvalue weighted by atomic mass is 32.1. The quantitative estimate of drug-likeness (QED) is 0.410. The number of likely N-dealkylation sites (tertiary alicyclic amines) is 1. The van der Waals surface area contributed by atoms with Crippen LogP contribution in [-0.2, 0) is 4.74 Å². The third-order valence-corrected chi connectivity index (χ3v) is 8.35. The third kappa shape index (κ3) is 4.79. The Bertz CT molecular complexity index is 1070. The van der Waals surface area contributed by atoms with Gasteiger partial charge in [0.1, 0.15) is 16.5 Å². The molecule has 5 nitrogen and oxygen atoms in total. The Labute approximate surface area is 200 Å². The first-order chi connectivity index (χ1) is 16.3. The summed E-state index contributed by atoms with van der Waals surface area (Å²) >= 11 is 1.77. The summed E-state index contributed by atoms with van der Waals surface area (Å²) in [5, 5.41) is 3.52. The van der Waals surface area contributed by atoms with Crippen molar-refractivity contribution in [1.82, 2.24) is 14.9 Å². The second-order valence-electron chi connectivity index (χ2n) is 9.93. The molecular formula is C27H34N4OS. The van der Waals surface area contributed by atoms with Gasteiger partial charge < -0.3 is 14.5 Å². The van der Waals surface area contributed by atoms with Gasteiger partial charge in [-0.15, -0.1) is 11.3 Å². The van der Waals surface area contributed by atoms with Crippen LogP contribution >= 0.6 is 11.3 Å². The summed E-state index contributed by atoms with van der Waals surface area (Å²) in [7, 11) is 0. The number of thiophene rings is 1. The van der Waals surface area contributed by atoms with Gasteiger partial charge in [-0.05, 0) is 63.1 Å². The monoisotopic (exact) mass is 462 g/mol. The van der Waals surface area contributed by atoms with E-state index in [1.807, 2.05) is 0 Å². The zero-order valence-electron chi connectivity index (χ0n) is 19.4. The molecule has 3 aromatic rings. The molecule has 2 aliphatic heterocycles. The van der Waals surface area contributed by atoms with Crippen molar-refractivity contribution in [2.24, 2.45) is 5.92 Å². The molecule has 4 heterocycles. The Morgan fingerprint density at radius 1 is 0.939 bits per heavy atom. The van der Waals surface area contributed by atoms with E-state index in [4.69, 9.17) is 14.7 Å². The van der Waals surface area contributed by atoms with Gasteiger partial charge in [-0.3, -0.25) is 0 Å². The van der Waals surface area contributed by atoms with Gasteiger partial charge in [0.15, 0.2) is 0 Å². The molecule has 0 N–H and O–H groups in total. The number of rotatable bonds is 8. The number of anilines is 1. The fourth-order valence-electron chi connectivity index (χ4n) is 5.28. The normalized spacial score (nSPS) is 20.2. The Hall–Kier alpha value is -2.02. The number of nitrogens with zero attached hydrogens (tertiary/aromatic N) is 4. The number of fused-ring (bicyclic) bond motifs is 1. The fourth-order valence-corrected chi connectivity index (χ4v) is 6.23. The maximum atomic E-state index is 6.09. The van der Waals surface area contributed by atoms with Crippen LogP contribution in [0.1, 0.15) is 50.3 Å². The summed E-state index contributed by atoms with van der Waals surface area (Å²) in [6.07, 6.45) is 7.54. The molecule has 3 aliphatic rings. The molecule has 174 valence electrons. The minimum absolute atomic E-state index is 0.567. The van der Waals surface area contributed by atoms with Gasteiger partial charge in [-0.1, -0.05) is 30.3 Å². The van der Waals surface area contributed by atoms with E-state index < -0.39 is 0 Å². The Kier molecular flexibility index (Phi) is 6.31. The van der Waals surface area contributed by atoms with Gasteiger partial charge >= 0.3 is 0 Å². The van der Waals surface area contributed by atoms with Crippen LogP contribution in [0.4, 0.5) is 5.82 Å². The third-order valence-electron chi connectivity index (χ3n) is 7.48. The van der Waals surface area contributed by atoms with Crippen molar-refractivity contribution in [2.75, 3.05) is 50.8 Å². The van der Waals surface area contributed by atoms with Crippen molar-refractivity contribution >= 4 is 27.4 Å². The average Bonchev–Trinajstić information content (AvgIpc) is 3.42. The Morgan fingerprint density at radius 3 is 2.48 bits per heavy atom. The minimum atomic E-state index is 0.567. The molecule has 0 atom stereocenters. The summed E-state index contributed by atoms with van der Waals surface area (Å²) in [5.41, 5.74) is 2.54. The predicted molar refractivity (Wildman–Crippen MR) is 136 cm³/mol. The lowest BCUT2D eigenvalue weighted by Gasteiger charge is -2.33. The van der Waals surface area contributed by atoms with Crippen LogP contribution in [0.3, 0.4) is 0 Å². The lowest BCUT2D eigenvalue weighted by molar-refractivity contribution is 0.0753. The van der Waals surface area contributed by atoms with E-state index in [0.717, 1.165) is 49.3 Å². The van der Waals surface area contributed by atoms with Crippen molar-refractivity contribution in [1.29, 1.82) is 0 Å². The molecule has 1 aromatic carbocycles. The summed E-state index contributed by atoms with van der Waals surface area (Å²) < 4.78 is 6.09. The molecule has 2 saturated heterocycles. The van der Waals surface area contributed by atoms with E-state index in [1.54, 1.807) is 11.3 Å². The number of aromatic nitrogens is 2. The summed E-state index contributed by atoms with van der Waals surface area (Å²) in [5.74, 6) is 3.45. The standard InChI is InChI=1S/C27H34N4OS/c1-2-6-21(7-3-1)23-19-33-27-24(23)26(28-25(29-27)22-8-9-22)31-14-10-20(11-15-31)18-32-17-16-30-12-4-5-13-30/h1-3,6-7,19-20,22H,4-5,8-18H2. The molecule has 0 bridgehead atoms. The SMILES string of the molecule is c1ccc(-c2csc3nc(C4CC4)nc(N4CCC(COCCN5CCCC5)CC4)c23)cc1. The van der Waals surface area contributed by atoms with Gasteiger partial charge in [-0.25, -0.2) is 9.97 Å². The van der Waals surface area contributed by atoms with Crippen molar-refractivity contribution in [3.63, 3.8) is 0 Å². The van der Waals surface area contributed by atoms with E-state index in [2.05, 4.69) is 45.5 Å². The van der Waals surface area contributed by atoms with E-state index in [9.17, 15) is 0 Å². The largest absolute Gasteiger partial charge is 0.380 e. The molecule has 1 aliphatic carbocycles. The van der Waals surface area contributed by atoms with Crippen molar-refractivity contribution in [3.8, 4) is 11.1 Å². The van der Waals surface area contributed by atoms with Crippen LogP contribution in [0, 0.1) is 5.92 Å². The lowest BCUT2D eigenvalue weighted by Crippen LogP contribution is -2.36. The van der Waals surface area contributed by atoms with Gasteiger partial charge in [0, 0.05) is 43.1 Å². The molecule has 0 spiro atoms. The molecule has 2 aromatic heterocycles. The lowest BCUT2D eigenvalue weighted by atomic mass is 9.97. The fraction of sp³-hybridized carbons (Fsp3) is 0.556. The molecule has 3 fully saturated rings. The predicted octanol–water partition coefficient (Wildman–Crippen LogP) is 5.56. The highest BCUT2D eigenvalue weighted by molar-refractivity contribution is 7.17. The maximum absolute atomic E-state index is 6.09. The van der Waals surface area contributed by atoms with Gasteiger partial charge in [0.2, 0.25) is 0 Å². The zero-order chi connectivity index (χ0) is 22.0. The van der Waals surface area contributed by atoms with Gasteiger partial charge in [0.05, 0.1) is 12.0 Å². The van der Waals surface area contributed by atoms with Crippen molar-refractivity contribution < 1.29 is 4.74 Å². The van der Waals surface area contributed by atoms with E-state index in [0.29, 0.717) is 11.8 Å². The first-order valence-electron chi connectivity index (χ1n) is 12.7. The smallest absolute Gasteiger partial charge is 0.141 e. The second kappa shape index (κ2) is 9.69. The van der Waals surface area contributed by atoms with Crippen LogP contribution in [0.2, 0.25) is 0 Å². The first-order valence-corrected chi connectivity index (χ1v) is 13.6. The summed E-state index contributed by atoms with van der Waals surface area (Å²) in [6, 6.07) is 10.7. The van der Waals surface area contributed by atoms with Crippen molar-refractivity contribution in [3.05, 3.63) is 41.5 Å². The van der Waals surface area contributed by atoms with E-state index in [-0.39, 0.29) is 0 Å². The molecule has 0 unspecified atom stereocenters. The average molecular weight is 463 g/mol. The highest BCUT2D eigenvalue weighted by Crippen LogP contribution is 2.44. The molecule has 33 heavy (non-hydrogen) atoms. The maximum Gasteiger partial charge on any atom is 0.141 e. The molecule has 6 heteroatoms. The number of piperidine rings is 1. The molecular weight excluding hydrogens is 428 g/mol. The van der Waals surface area contributed by atoms with Crippen LogP contribution in [-0.4, -0.2) is 60.8 Å². The molecule has 0 amide bonds.